The van der Waals surface area contributed by atoms with Gasteiger partial charge >= 0.3 is 0 Å². The zero-order chi connectivity index (χ0) is 5.82. The Morgan fingerprint density at radius 2 is 2.62 bits per heavy atom. The predicted octanol–water partition coefficient (Wildman–Crippen LogP) is -0.626. The molecule has 0 aromatic heterocycles. The van der Waals surface area contributed by atoms with Crippen molar-refractivity contribution in [2.24, 2.45) is 0 Å². The minimum absolute atomic E-state index is 0.958. The molecule has 3 heteroatoms. The lowest BCUT2D eigenvalue weighted by molar-refractivity contribution is 0.240. The average Bonchev–Trinajstić information content (AvgIpc) is 2.19. The molecule has 0 aromatic carbocycles. The minimum Gasteiger partial charge on any atom is -0.306 e. The van der Waals surface area contributed by atoms with Crippen molar-refractivity contribution in [1.82, 2.24) is 15.8 Å². The molecule has 1 saturated heterocycles. The van der Waals surface area contributed by atoms with Crippen molar-refractivity contribution in [2.45, 2.75) is 6.42 Å². The van der Waals surface area contributed by atoms with Gasteiger partial charge in [-0.25, -0.2) is 5.01 Å². The first kappa shape index (κ1) is 6.01. The van der Waals surface area contributed by atoms with E-state index in [1.165, 1.54) is 13.0 Å². The number of hydrogen-bond donors (Lipinski definition) is 2. The van der Waals surface area contributed by atoms with Crippen LogP contribution >= 0.6 is 0 Å². The first-order chi connectivity index (χ1) is 3.93. The maximum absolute atomic E-state index is 3.23. The van der Waals surface area contributed by atoms with Crippen LogP contribution in [0.15, 0.2) is 0 Å². The largest absolute Gasteiger partial charge is 0.306 e. The molecule has 1 aliphatic rings. The van der Waals surface area contributed by atoms with E-state index in [-0.39, 0.29) is 0 Å². The van der Waals surface area contributed by atoms with Crippen molar-refractivity contribution in [1.29, 1.82) is 0 Å². The molecular formula is C5H13N3. The number of nitrogens with one attached hydrogen (secondary N) is 2. The maximum Gasteiger partial charge on any atom is 0.0618 e. The molecule has 0 saturated carbocycles. The van der Waals surface area contributed by atoms with E-state index in [4.69, 9.17) is 0 Å². The third-order valence-corrected chi connectivity index (χ3v) is 1.29. The van der Waals surface area contributed by atoms with Gasteiger partial charge in [-0.2, -0.15) is 0 Å². The van der Waals surface area contributed by atoms with E-state index in [0.29, 0.717) is 0 Å². The van der Waals surface area contributed by atoms with Gasteiger partial charge < -0.3 is 5.32 Å². The second-order valence-electron chi connectivity index (χ2n) is 2.04. The molecule has 48 valence electrons. The van der Waals surface area contributed by atoms with Crippen LogP contribution in [0.1, 0.15) is 6.42 Å². The van der Waals surface area contributed by atoms with Gasteiger partial charge in [0.2, 0.25) is 0 Å². The Morgan fingerprint density at radius 1 is 1.75 bits per heavy atom. The predicted molar refractivity (Wildman–Crippen MR) is 33.3 cm³/mol. The van der Waals surface area contributed by atoms with Crippen molar-refractivity contribution in [2.75, 3.05) is 26.8 Å². The van der Waals surface area contributed by atoms with Crippen LogP contribution in [0, 0.1) is 0 Å². The summed E-state index contributed by atoms with van der Waals surface area (Å²) in [5.41, 5.74) is 3.23. The SMILES string of the molecule is CNCN1CCCN1. The van der Waals surface area contributed by atoms with Crippen LogP contribution in [0.2, 0.25) is 0 Å². The standard InChI is InChI=1S/C5H13N3/c1-6-5-8-4-2-3-7-8/h6-7H,2-5H2,1H3. The molecule has 0 spiro atoms. The third kappa shape index (κ3) is 1.43. The highest BCUT2D eigenvalue weighted by Gasteiger charge is 2.07. The van der Waals surface area contributed by atoms with Gasteiger partial charge in [0.1, 0.15) is 0 Å². The maximum atomic E-state index is 3.23. The number of hydrogen-bond acceptors (Lipinski definition) is 3. The Bertz CT molecular complexity index is 58.7. The lowest BCUT2D eigenvalue weighted by atomic mass is 10.5. The highest BCUT2D eigenvalue weighted by Crippen LogP contribution is 1.91. The Kier molecular flexibility index (Phi) is 2.27. The average molecular weight is 115 g/mol. The molecular weight excluding hydrogens is 102 g/mol. The van der Waals surface area contributed by atoms with Crippen LogP contribution in [-0.2, 0) is 0 Å². The molecule has 0 amide bonds. The highest BCUT2D eigenvalue weighted by atomic mass is 15.5. The molecule has 0 radical (unpaired) electrons. The van der Waals surface area contributed by atoms with Crippen LogP contribution in [0.3, 0.4) is 0 Å². The van der Waals surface area contributed by atoms with Crippen LogP contribution in [0.4, 0.5) is 0 Å². The summed E-state index contributed by atoms with van der Waals surface area (Å²) in [7, 11) is 1.96. The van der Waals surface area contributed by atoms with Crippen molar-refractivity contribution in [3.8, 4) is 0 Å². The van der Waals surface area contributed by atoms with E-state index in [0.717, 1.165) is 13.2 Å². The van der Waals surface area contributed by atoms with Gasteiger partial charge in [-0.15, -0.1) is 0 Å². The van der Waals surface area contributed by atoms with E-state index in [9.17, 15) is 0 Å². The van der Waals surface area contributed by atoms with Gasteiger partial charge in [0, 0.05) is 13.1 Å². The fourth-order valence-corrected chi connectivity index (χ4v) is 0.912. The van der Waals surface area contributed by atoms with Crippen molar-refractivity contribution in [3.63, 3.8) is 0 Å². The summed E-state index contributed by atoms with van der Waals surface area (Å²) in [5, 5.41) is 5.25. The van der Waals surface area contributed by atoms with E-state index >= 15 is 0 Å². The molecule has 1 fully saturated rings. The van der Waals surface area contributed by atoms with Crippen molar-refractivity contribution in [3.05, 3.63) is 0 Å². The quantitative estimate of drug-likeness (QED) is 0.502. The summed E-state index contributed by atoms with van der Waals surface area (Å²) in [4.78, 5) is 0. The van der Waals surface area contributed by atoms with E-state index < -0.39 is 0 Å². The summed E-state index contributed by atoms with van der Waals surface area (Å²) in [6, 6.07) is 0. The number of hydrazine groups is 1. The van der Waals surface area contributed by atoms with Crippen molar-refractivity contribution < 1.29 is 0 Å². The van der Waals surface area contributed by atoms with Crippen molar-refractivity contribution >= 4 is 0 Å². The Labute approximate surface area is 50.0 Å². The lowest BCUT2D eigenvalue weighted by Crippen LogP contribution is -2.37. The first-order valence-corrected chi connectivity index (χ1v) is 3.06. The molecule has 0 aliphatic carbocycles. The first-order valence-electron chi connectivity index (χ1n) is 3.06. The van der Waals surface area contributed by atoms with E-state index in [2.05, 4.69) is 15.8 Å². The normalized spacial score (nSPS) is 22.1. The van der Waals surface area contributed by atoms with Gasteiger partial charge in [0.25, 0.3) is 0 Å². The van der Waals surface area contributed by atoms with Gasteiger partial charge in [0.05, 0.1) is 6.67 Å². The second-order valence-corrected chi connectivity index (χ2v) is 2.04. The summed E-state index contributed by atoms with van der Waals surface area (Å²) in [5.74, 6) is 0. The third-order valence-electron chi connectivity index (χ3n) is 1.29. The summed E-state index contributed by atoms with van der Waals surface area (Å²) in [6.45, 7) is 3.28. The monoisotopic (exact) mass is 115 g/mol. The molecule has 2 N–H and O–H groups in total. The molecule has 3 nitrogen and oxygen atoms in total. The topological polar surface area (TPSA) is 27.3 Å². The highest BCUT2D eigenvalue weighted by molar-refractivity contribution is 4.58. The van der Waals surface area contributed by atoms with Gasteiger partial charge in [-0.3, -0.25) is 5.43 Å². The fourth-order valence-electron chi connectivity index (χ4n) is 0.912. The van der Waals surface area contributed by atoms with E-state index in [1.807, 2.05) is 7.05 Å². The van der Waals surface area contributed by atoms with Crippen LogP contribution in [0.25, 0.3) is 0 Å². The summed E-state index contributed by atoms with van der Waals surface area (Å²) in [6.07, 6.45) is 1.28. The molecule has 0 aromatic rings. The molecule has 1 aliphatic heterocycles. The van der Waals surface area contributed by atoms with Crippen LogP contribution in [-0.4, -0.2) is 31.8 Å². The zero-order valence-electron chi connectivity index (χ0n) is 5.28. The van der Waals surface area contributed by atoms with Gasteiger partial charge in [-0.05, 0) is 13.5 Å². The lowest BCUT2D eigenvalue weighted by Gasteiger charge is -2.12. The molecule has 0 unspecified atom stereocenters. The summed E-state index contributed by atoms with van der Waals surface area (Å²) >= 11 is 0. The summed E-state index contributed by atoms with van der Waals surface area (Å²) < 4.78 is 0. The molecule has 1 heterocycles. The zero-order valence-corrected chi connectivity index (χ0v) is 5.28. The smallest absolute Gasteiger partial charge is 0.0618 e. The molecule has 1 rings (SSSR count). The second kappa shape index (κ2) is 3.02. The molecule has 8 heavy (non-hydrogen) atoms. The van der Waals surface area contributed by atoms with E-state index in [1.54, 1.807) is 0 Å². The number of rotatable bonds is 2. The Hall–Kier alpha value is -0.120. The fraction of sp³-hybridized carbons (Fsp3) is 1.00. The van der Waals surface area contributed by atoms with Gasteiger partial charge in [0.15, 0.2) is 0 Å². The molecule has 0 bridgehead atoms. The Morgan fingerprint density at radius 3 is 3.12 bits per heavy atom. The van der Waals surface area contributed by atoms with Crippen LogP contribution < -0.4 is 10.7 Å². The Balaban J connectivity index is 2.06. The minimum atomic E-state index is 0.958. The van der Waals surface area contributed by atoms with Gasteiger partial charge in [-0.1, -0.05) is 0 Å². The molecule has 0 atom stereocenters. The number of nitrogens with zero attached hydrogens (tertiary/aromatic N) is 1. The van der Waals surface area contributed by atoms with Crippen LogP contribution in [0.5, 0.6) is 0 Å².